The van der Waals surface area contributed by atoms with E-state index in [2.05, 4.69) is 26.3 Å². The fourth-order valence-electron chi connectivity index (χ4n) is 3.33. The molecule has 0 saturated heterocycles. The highest BCUT2D eigenvalue weighted by Crippen LogP contribution is 2.33. The number of nitrogens with zero attached hydrogens (tertiary/aromatic N) is 2. The van der Waals surface area contributed by atoms with Crippen LogP contribution in [0.25, 0.3) is 11.3 Å². The lowest BCUT2D eigenvalue weighted by molar-refractivity contribution is 0.102. The molecule has 0 unspecified atom stereocenters. The maximum Gasteiger partial charge on any atom is 0.259 e. The molecule has 1 amide bonds. The van der Waals surface area contributed by atoms with E-state index in [1.54, 1.807) is 24.5 Å². The molecule has 0 saturated carbocycles. The highest BCUT2D eigenvalue weighted by Gasteiger charge is 2.24. The third-order valence-corrected chi connectivity index (χ3v) is 4.46. The third-order valence-electron chi connectivity index (χ3n) is 4.46. The van der Waals surface area contributed by atoms with E-state index >= 15 is 0 Å². The first kappa shape index (κ1) is 16.3. The summed E-state index contributed by atoms with van der Waals surface area (Å²) in [5.74, 6) is 0.748. The number of anilines is 1. The van der Waals surface area contributed by atoms with Crippen molar-refractivity contribution in [2.75, 3.05) is 11.9 Å². The molecule has 0 radical (unpaired) electrons. The van der Waals surface area contributed by atoms with Crippen LogP contribution in [0.15, 0.2) is 42.7 Å². The van der Waals surface area contributed by atoms with Crippen LogP contribution >= 0.6 is 0 Å². The molecule has 3 aromatic heterocycles. The van der Waals surface area contributed by atoms with Crippen molar-refractivity contribution in [3.63, 3.8) is 0 Å². The maximum atomic E-state index is 12.9. The average molecular weight is 348 g/mol. The van der Waals surface area contributed by atoms with Crippen LogP contribution in [0.1, 0.15) is 35.0 Å². The zero-order valence-electron chi connectivity index (χ0n) is 14.6. The lowest BCUT2D eigenvalue weighted by Gasteiger charge is -2.09. The number of nitrogens with one attached hydrogen (secondary N) is 2. The number of rotatable bonds is 4. The Kier molecular flexibility index (Phi) is 4.39. The molecular weight excluding hydrogens is 328 g/mol. The second-order valence-electron chi connectivity index (χ2n) is 6.17. The molecule has 1 aliphatic carbocycles. The average Bonchev–Trinajstić information content (AvgIpc) is 2.98. The number of H-pyrrole nitrogens is 1. The van der Waals surface area contributed by atoms with E-state index in [0.29, 0.717) is 23.9 Å². The van der Waals surface area contributed by atoms with Gasteiger partial charge in [-0.05, 0) is 43.9 Å². The molecular formula is C20H20N4O2. The van der Waals surface area contributed by atoms with Gasteiger partial charge in [-0.1, -0.05) is 12.1 Å². The van der Waals surface area contributed by atoms with Gasteiger partial charge in [-0.25, -0.2) is 0 Å². The van der Waals surface area contributed by atoms with Gasteiger partial charge in [-0.15, -0.1) is 0 Å². The zero-order valence-corrected chi connectivity index (χ0v) is 14.6. The van der Waals surface area contributed by atoms with Gasteiger partial charge in [0.05, 0.1) is 17.9 Å². The minimum Gasteiger partial charge on any atom is -0.478 e. The van der Waals surface area contributed by atoms with Gasteiger partial charge in [0.15, 0.2) is 0 Å². The van der Waals surface area contributed by atoms with Crippen LogP contribution < -0.4 is 10.1 Å². The molecule has 3 heterocycles. The number of carbonyl (C=O) groups excluding carboxylic acids is 1. The molecule has 0 fully saturated rings. The molecule has 1 aliphatic rings. The largest absolute Gasteiger partial charge is 0.478 e. The van der Waals surface area contributed by atoms with Crippen LogP contribution in [0.3, 0.4) is 0 Å². The van der Waals surface area contributed by atoms with Crippen molar-refractivity contribution in [2.24, 2.45) is 0 Å². The van der Waals surface area contributed by atoms with Gasteiger partial charge in [-0.3, -0.25) is 9.78 Å². The Hall–Kier alpha value is -3.15. The molecule has 3 aromatic rings. The van der Waals surface area contributed by atoms with E-state index in [4.69, 9.17) is 4.74 Å². The number of aromatic nitrogens is 3. The summed E-state index contributed by atoms with van der Waals surface area (Å²) in [6.45, 7) is 2.42. The molecule has 0 aliphatic heterocycles. The zero-order chi connectivity index (χ0) is 17.9. The number of ether oxygens (including phenoxy) is 1. The molecule has 6 nitrogen and oxygen atoms in total. The summed E-state index contributed by atoms with van der Waals surface area (Å²) in [7, 11) is 0. The highest BCUT2D eigenvalue weighted by molar-refractivity contribution is 6.08. The molecule has 0 bridgehead atoms. The molecule has 2 N–H and O–H groups in total. The quantitative estimate of drug-likeness (QED) is 0.755. The van der Waals surface area contributed by atoms with Crippen LogP contribution in [-0.2, 0) is 12.8 Å². The third kappa shape index (κ3) is 3.06. The van der Waals surface area contributed by atoms with Gasteiger partial charge < -0.3 is 15.0 Å². The van der Waals surface area contributed by atoms with Crippen molar-refractivity contribution in [1.29, 1.82) is 0 Å². The van der Waals surface area contributed by atoms with E-state index < -0.39 is 0 Å². The van der Waals surface area contributed by atoms with Crippen LogP contribution in [0.5, 0.6) is 5.88 Å². The number of aromatic amines is 1. The Morgan fingerprint density at radius 2 is 2.19 bits per heavy atom. The standard InChI is InChI=1S/C20H20N4O2/c1-2-26-17-10-4-9-16(23-17)24-20(25)14-12-22-15-8-3-6-13-7-5-11-21-19(13)18(14)15/h4-5,7,9-12,22H,2-3,6,8H2,1H3,(H,23,24,25). The van der Waals surface area contributed by atoms with E-state index in [-0.39, 0.29) is 5.91 Å². The Balaban J connectivity index is 1.67. The lowest BCUT2D eigenvalue weighted by atomic mass is 10.0. The Morgan fingerprint density at radius 1 is 1.27 bits per heavy atom. The summed E-state index contributed by atoms with van der Waals surface area (Å²) in [5, 5.41) is 2.87. The number of aryl methyl sites for hydroxylation is 2. The maximum absolute atomic E-state index is 12.9. The van der Waals surface area contributed by atoms with Crippen LogP contribution in [0.2, 0.25) is 0 Å². The molecule has 0 atom stereocenters. The Bertz CT molecular complexity index is 948. The number of carbonyl (C=O) groups is 1. The van der Waals surface area contributed by atoms with E-state index in [1.165, 1.54) is 5.56 Å². The van der Waals surface area contributed by atoms with Gasteiger partial charge in [0.25, 0.3) is 5.91 Å². The molecule has 0 aromatic carbocycles. The molecule has 4 rings (SSSR count). The smallest absolute Gasteiger partial charge is 0.259 e. The predicted octanol–water partition coefficient (Wildman–Crippen LogP) is 3.61. The summed E-state index contributed by atoms with van der Waals surface area (Å²) in [6.07, 6.45) is 6.43. The summed E-state index contributed by atoms with van der Waals surface area (Å²) < 4.78 is 5.39. The summed E-state index contributed by atoms with van der Waals surface area (Å²) >= 11 is 0. The van der Waals surface area contributed by atoms with Crippen LogP contribution in [0.4, 0.5) is 5.82 Å². The van der Waals surface area contributed by atoms with Crippen molar-refractivity contribution < 1.29 is 9.53 Å². The highest BCUT2D eigenvalue weighted by atomic mass is 16.5. The van der Waals surface area contributed by atoms with Crippen LogP contribution in [-0.4, -0.2) is 27.5 Å². The van der Waals surface area contributed by atoms with Crippen molar-refractivity contribution >= 4 is 11.7 Å². The molecule has 132 valence electrons. The monoisotopic (exact) mass is 348 g/mol. The fraction of sp³-hybridized carbons (Fsp3) is 0.250. The lowest BCUT2D eigenvalue weighted by Crippen LogP contribution is -2.14. The fourth-order valence-corrected chi connectivity index (χ4v) is 3.33. The number of hydrogen-bond acceptors (Lipinski definition) is 4. The van der Waals surface area contributed by atoms with Gasteiger partial charge in [0.1, 0.15) is 5.82 Å². The SMILES string of the molecule is CCOc1cccc(NC(=O)c2c[nH]c3c2-c2ncccc2CCC3)n1. The van der Waals surface area contributed by atoms with Gasteiger partial charge in [-0.2, -0.15) is 4.98 Å². The first-order chi connectivity index (χ1) is 12.8. The Morgan fingerprint density at radius 3 is 3.08 bits per heavy atom. The molecule has 6 heteroatoms. The summed E-state index contributed by atoms with van der Waals surface area (Å²) in [4.78, 5) is 25.0. The second kappa shape index (κ2) is 7.00. The molecule has 0 spiro atoms. The number of pyridine rings is 2. The van der Waals surface area contributed by atoms with E-state index in [1.807, 2.05) is 19.1 Å². The molecule has 26 heavy (non-hydrogen) atoms. The van der Waals surface area contributed by atoms with Crippen molar-refractivity contribution in [2.45, 2.75) is 26.2 Å². The van der Waals surface area contributed by atoms with E-state index in [9.17, 15) is 4.79 Å². The summed E-state index contributed by atoms with van der Waals surface area (Å²) in [6, 6.07) is 9.35. The minimum atomic E-state index is -0.206. The number of hydrogen-bond donors (Lipinski definition) is 2. The van der Waals surface area contributed by atoms with Crippen molar-refractivity contribution in [3.8, 4) is 17.1 Å². The van der Waals surface area contributed by atoms with Crippen molar-refractivity contribution in [3.05, 3.63) is 59.5 Å². The number of fused-ring (bicyclic) bond motifs is 3. The van der Waals surface area contributed by atoms with E-state index in [0.717, 1.165) is 36.2 Å². The number of amides is 1. The van der Waals surface area contributed by atoms with Crippen molar-refractivity contribution in [1.82, 2.24) is 15.0 Å². The first-order valence-electron chi connectivity index (χ1n) is 8.82. The van der Waals surface area contributed by atoms with Crippen LogP contribution in [0, 0.1) is 0 Å². The Labute approximate surface area is 151 Å². The first-order valence-corrected chi connectivity index (χ1v) is 8.82. The predicted molar refractivity (Wildman–Crippen MR) is 99.4 cm³/mol. The van der Waals surface area contributed by atoms with Gasteiger partial charge in [0.2, 0.25) is 5.88 Å². The minimum absolute atomic E-state index is 0.206. The summed E-state index contributed by atoms with van der Waals surface area (Å²) in [5.41, 5.74) is 4.62. The van der Waals surface area contributed by atoms with Gasteiger partial charge in [0, 0.05) is 29.7 Å². The normalized spacial score (nSPS) is 12.7. The topological polar surface area (TPSA) is 79.9 Å². The van der Waals surface area contributed by atoms with Gasteiger partial charge >= 0.3 is 0 Å². The second-order valence-corrected chi connectivity index (χ2v) is 6.17.